The molecule has 146 valence electrons. The lowest BCUT2D eigenvalue weighted by Crippen LogP contribution is -2.45. The van der Waals surface area contributed by atoms with E-state index in [-0.39, 0.29) is 17.3 Å². The van der Waals surface area contributed by atoms with Gasteiger partial charge in [-0.05, 0) is 61.6 Å². The predicted molar refractivity (Wildman–Crippen MR) is 102 cm³/mol. The molecule has 0 radical (unpaired) electrons. The smallest absolute Gasteiger partial charge is 0.233 e. The minimum Gasteiger partial charge on any atom is -0.342 e. The van der Waals surface area contributed by atoms with E-state index < -0.39 is 23.0 Å². The maximum atomic E-state index is 13.9. The SMILES string of the molecule is O=C(c1cc(F)ccc1F)C1CCN(C(=O)C2(c3cccc(Cl)c3)CC2)CC1. The largest absolute Gasteiger partial charge is 0.342 e. The van der Waals surface area contributed by atoms with Crippen LogP contribution in [0.2, 0.25) is 5.02 Å². The van der Waals surface area contributed by atoms with Crippen molar-refractivity contribution in [3.05, 3.63) is 70.2 Å². The van der Waals surface area contributed by atoms with Crippen molar-refractivity contribution in [1.82, 2.24) is 4.90 Å². The molecule has 1 heterocycles. The number of benzene rings is 2. The van der Waals surface area contributed by atoms with E-state index in [0.29, 0.717) is 31.0 Å². The third kappa shape index (κ3) is 3.44. The van der Waals surface area contributed by atoms with Gasteiger partial charge in [0.25, 0.3) is 0 Å². The molecule has 4 rings (SSSR count). The quantitative estimate of drug-likeness (QED) is 0.689. The van der Waals surface area contributed by atoms with Crippen LogP contribution in [0.5, 0.6) is 0 Å². The summed E-state index contributed by atoms with van der Waals surface area (Å²) in [7, 11) is 0. The van der Waals surface area contributed by atoms with Crippen molar-refractivity contribution >= 4 is 23.3 Å². The van der Waals surface area contributed by atoms with E-state index in [2.05, 4.69) is 0 Å². The number of Topliss-reactive ketones (excluding diaryl/α,β-unsaturated/α-hetero) is 1. The molecule has 0 unspecified atom stereocenters. The van der Waals surface area contributed by atoms with Crippen molar-refractivity contribution in [3.8, 4) is 0 Å². The van der Waals surface area contributed by atoms with Gasteiger partial charge in [-0.1, -0.05) is 23.7 Å². The normalized spacial score (nSPS) is 18.8. The van der Waals surface area contributed by atoms with Gasteiger partial charge in [-0.2, -0.15) is 0 Å². The Morgan fingerprint density at radius 1 is 1.04 bits per heavy atom. The van der Waals surface area contributed by atoms with E-state index in [0.717, 1.165) is 36.6 Å². The number of ketones is 1. The number of carbonyl (C=O) groups is 2. The molecule has 0 aromatic heterocycles. The number of halogens is 3. The maximum Gasteiger partial charge on any atom is 0.233 e. The summed E-state index contributed by atoms with van der Waals surface area (Å²) >= 11 is 6.09. The first-order valence-electron chi connectivity index (χ1n) is 9.45. The lowest BCUT2D eigenvalue weighted by Gasteiger charge is -2.34. The molecule has 2 aromatic rings. The maximum absolute atomic E-state index is 13.9. The summed E-state index contributed by atoms with van der Waals surface area (Å²) in [5, 5.41) is 0.609. The van der Waals surface area contributed by atoms with E-state index >= 15 is 0 Å². The number of carbonyl (C=O) groups excluding carboxylic acids is 2. The van der Waals surface area contributed by atoms with Crippen LogP contribution in [0.3, 0.4) is 0 Å². The summed E-state index contributed by atoms with van der Waals surface area (Å²) in [6.07, 6.45) is 2.48. The molecule has 1 saturated carbocycles. The topological polar surface area (TPSA) is 37.4 Å². The molecule has 1 aliphatic heterocycles. The van der Waals surface area contributed by atoms with Gasteiger partial charge < -0.3 is 4.90 Å². The Kier molecular flexibility index (Phi) is 4.96. The Morgan fingerprint density at radius 2 is 1.75 bits per heavy atom. The standard InChI is InChI=1S/C22H20ClF2NO2/c23-16-3-1-2-15(12-16)22(8-9-22)21(28)26-10-6-14(7-11-26)20(27)18-13-17(24)4-5-19(18)25/h1-5,12-14H,6-11H2. The van der Waals surface area contributed by atoms with Crippen molar-refractivity contribution in [2.24, 2.45) is 5.92 Å². The molecule has 0 atom stereocenters. The monoisotopic (exact) mass is 403 g/mol. The van der Waals surface area contributed by atoms with Crippen LogP contribution in [0.15, 0.2) is 42.5 Å². The minimum atomic E-state index is -0.706. The van der Waals surface area contributed by atoms with E-state index in [9.17, 15) is 18.4 Å². The molecule has 2 fully saturated rings. The Balaban J connectivity index is 1.44. The van der Waals surface area contributed by atoms with Gasteiger partial charge in [0.1, 0.15) is 11.6 Å². The Labute approximate surface area is 167 Å². The summed E-state index contributed by atoms with van der Waals surface area (Å²) in [6.45, 7) is 0.878. The van der Waals surface area contributed by atoms with E-state index in [1.165, 1.54) is 0 Å². The summed E-state index contributed by atoms with van der Waals surface area (Å²) in [5.41, 5.74) is 0.226. The number of amides is 1. The number of piperidine rings is 1. The fraction of sp³-hybridized carbons (Fsp3) is 0.364. The number of nitrogens with zero attached hydrogens (tertiary/aromatic N) is 1. The molecule has 1 amide bonds. The van der Waals surface area contributed by atoms with Gasteiger partial charge in [-0.15, -0.1) is 0 Å². The number of likely N-dealkylation sites (tertiary alicyclic amines) is 1. The highest BCUT2D eigenvalue weighted by Gasteiger charge is 2.53. The average molecular weight is 404 g/mol. The van der Waals surface area contributed by atoms with Crippen molar-refractivity contribution in [2.75, 3.05) is 13.1 Å². The van der Waals surface area contributed by atoms with Gasteiger partial charge in [-0.25, -0.2) is 8.78 Å². The Morgan fingerprint density at radius 3 is 2.39 bits per heavy atom. The lowest BCUT2D eigenvalue weighted by molar-refractivity contribution is -0.135. The number of hydrogen-bond acceptors (Lipinski definition) is 2. The zero-order valence-electron chi connectivity index (χ0n) is 15.3. The molecule has 6 heteroatoms. The highest BCUT2D eigenvalue weighted by atomic mass is 35.5. The Bertz CT molecular complexity index is 934. The first kappa shape index (κ1) is 19.1. The first-order valence-corrected chi connectivity index (χ1v) is 9.83. The fourth-order valence-corrected chi connectivity index (χ4v) is 4.28. The zero-order chi connectivity index (χ0) is 19.9. The average Bonchev–Trinajstić information content (AvgIpc) is 3.51. The fourth-order valence-electron chi connectivity index (χ4n) is 4.09. The molecule has 28 heavy (non-hydrogen) atoms. The van der Waals surface area contributed by atoms with Gasteiger partial charge in [0.2, 0.25) is 5.91 Å². The van der Waals surface area contributed by atoms with Crippen molar-refractivity contribution < 1.29 is 18.4 Å². The van der Waals surface area contributed by atoms with Crippen LogP contribution in [0, 0.1) is 17.6 Å². The van der Waals surface area contributed by atoms with Crippen LogP contribution >= 0.6 is 11.6 Å². The molecule has 0 N–H and O–H groups in total. The van der Waals surface area contributed by atoms with Gasteiger partial charge in [0.15, 0.2) is 5.78 Å². The van der Waals surface area contributed by atoms with Crippen LogP contribution < -0.4 is 0 Å². The minimum absolute atomic E-state index is 0.0672. The number of rotatable bonds is 4. The van der Waals surface area contributed by atoms with Crippen LogP contribution in [0.4, 0.5) is 8.78 Å². The zero-order valence-corrected chi connectivity index (χ0v) is 16.0. The van der Waals surface area contributed by atoms with Crippen molar-refractivity contribution in [3.63, 3.8) is 0 Å². The molecule has 1 aliphatic carbocycles. The molecule has 0 bridgehead atoms. The molecule has 0 spiro atoms. The molecular weight excluding hydrogens is 384 g/mol. The van der Waals surface area contributed by atoms with Gasteiger partial charge in [-0.3, -0.25) is 9.59 Å². The summed E-state index contributed by atoms with van der Waals surface area (Å²) < 4.78 is 27.3. The van der Waals surface area contributed by atoms with Crippen LogP contribution in [-0.2, 0) is 10.2 Å². The number of hydrogen-bond donors (Lipinski definition) is 0. The van der Waals surface area contributed by atoms with Crippen molar-refractivity contribution in [2.45, 2.75) is 31.1 Å². The summed E-state index contributed by atoms with van der Waals surface area (Å²) in [5.74, 6) is -2.06. The molecule has 1 saturated heterocycles. The highest BCUT2D eigenvalue weighted by Crippen LogP contribution is 2.50. The van der Waals surface area contributed by atoms with E-state index in [1.807, 2.05) is 18.2 Å². The predicted octanol–water partition coefficient (Wildman–Crippen LogP) is 4.77. The second-order valence-electron chi connectivity index (χ2n) is 7.65. The first-order chi connectivity index (χ1) is 13.4. The van der Waals surface area contributed by atoms with Gasteiger partial charge in [0, 0.05) is 24.0 Å². The van der Waals surface area contributed by atoms with E-state index in [1.54, 1.807) is 11.0 Å². The molecule has 2 aromatic carbocycles. The molecule has 3 nitrogen and oxygen atoms in total. The van der Waals surface area contributed by atoms with Crippen LogP contribution in [0.1, 0.15) is 41.6 Å². The molecule has 2 aliphatic rings. The third-order valence-corrected chi connectivity index (χ3v) is 6.12. The van der Waals surface area contributed by atoms with Gasteiger partial charge in [0.05, 0.1) is 11.0 Å². The summed E-state index contributed by atoms with van der Waals surface area (Å²) in [4.78, 5) is 27.5. The van der Waals surface area contributed by atoms with E-state index in [4.69, 9.17) is 11.6 Å². The lowest BCUT2D eigenvalue weighted by atomic mass is 9.87. The van der Waals surface area contributed by atoms with Gasteiger partial charge >= 0.3 is 0 Å². The third-order valence-electron chi connectivity index (χ3n) is 5.88. The Hall–Kier alpha value is -2.27. The second-order valence-corrected chi connectivity index (χ2v) is 8.08. The highest BCUT2D eigenvalue weighted by molar-refractivity contribution is 6.30. The molecular formula is C22H20ClF2NO2. The second kappa shape index (κ2) is 7.28. The van der Waals surface area contributed by atoms with Crippen LogP contribution in [-0.4, -0.2) is 29.7 Å². The van der Waals surface area contributed by atoms with Crippen LogP contribution in [0.25, 0.3) is 0 Å². The summed E-state index contributed by atoms with van der Waals surface area (Å²) in [6, 6.07) is 10.3. The van der Waals surface area contributed by atoms with Crippen molar-refractivity contribution in [1.29, 1.82) is 0 Å².